The Morgan fingerprint density at radius 2 is 1.84 bits per heavy atom. The van der Waals surface area contributed by atoms with Gasteiger partial charge in [-0.2, -0.15) is 0 Å². The second-order valence-electron chi connectivity index (χ2n) is 5.34. The molecule has 0 aliphatic rings. The van der Waals surface area contributed by atoms with E-state index in [9.17, 15) is 0 Å². The Labute approximate surface area is 113 Å². The van der Waals surface area contributed by atoms with Crippen LogP contribution in [0.5, 0.6) is 5.75 Å². The van der Waals surface area contributed by atoms with Crippen LogP contribution in [0, 0.1) is 6.92 Å². The van der Waals surface area contributed by atoms with Gasteiger partial charge in [0.2, 0.25) is 0 Å². The molecule has 0 unspecified atom stereocenters. The van der Waals surface area contributed by atoms with E-state index in [1.807, 2.05) is 6.07 Å². The third-order valence-corrected chi connectivity index (χ3v) is 3.68. The molecule has 0 aliphatic carbocycles. The number of rotatable bonds is 2. The Hall–Kier alpha value is -1.96. The quantitative estimate of drug-likeness (QED) is 0.646. The maximum absolute atomic E-state index is 5.55. The summed E-state index contributed by atoms with van der Waals surface area (Å²) in [5.74, 6) is 0.950. The van der Waals surface area contributed by atoms with Crippen molar-refractivity contribution in [3.05, 3.63) is 42.0 Å². The first-order valence-corrected chi connectivity index (χ1v) is 6.70. The first-order valence-electron chi connectivity index (χ1n) is 6.70. The molecule has 2 nitrogen and oxygen atoms in total. The van der Waals surface area contributed by atoms with Crippen LogP contribution in [0.15, 0.2) is 36.4 Å². The molecule has 0 N–H and O–H groups in total. The molecule has 0 fully saturated rings. The summed E-state index contributed by atoms with van der Waals surface area (Å²) in [6.45, 7) is 6.58. The molecule has 1 aromatic heterocycles. The van der Waals surface area contributed by atoms with Crippen molar-refractivity contribution in [1.82, 2.24) is 4.57 Å². The molecule has 2 aromatic carbocycles. The molecule has 0 radical (unpaired) electrons. The molecule has 98 valence electrons. The van der Waals surface area contributed by atoms with E-state index in [2.05, 4.69) is 55.7 Å². The molecule has 2 heteroatoms. The van der Waals surface area contributed by atoms with Crippen LogP contribution < -0.4 is 4.74 Å². The number of fused-ring (bicyclic) bond motifs is 3. The van der Waals surface area contributed by atoms with Crippen molar-refractivity contribution in [1.29, 1.82) is 0 Å². The van der Waals surface area contributed by atoms with Crippen LogP contribution in [0.2, 0.25) is 0 Å². The van der Waals surface area contributed by atoms with Crippen molar-refractivity contribution in [2.75, 3.05) is 7.11 Å². The van der Waals surface area contributed by atoms with Crippen LogP contribution in [-0.4, -0.2) is 11.7 Å². The lowest BCUT2D eigenvalue weighted by Gasteiger charge is -2.11. The number of hydrogen-bond donors (Lipinski definition) is 0. The largest absolute Gasteiger partial charge is 0.496 e. The van der Waals surface area contributed by atoms with Crippen molar-refractivity contribution in [2.24, 2.45) is 0 Å². The molecule has 0 saturated heterocycles. The minimum atomic E-state index is 0.425. The Morgan fingerprint density at radius 1 is 1.05 bits per heavy atom. The standard InChI is InChI=1S/C17H19NO/c1-11(2)18-14-6-5-7-16(19-4)17(14)13-9-8-12(3)10-15(13)18/h5-11H,1-4H3. The van der Waals surface area contributed by atoms with E-state index in [1.165, 1.54) is 27.4 Å². The summed E-state index contributed by atoms with van der Waals surface area (Å²) in [6.07, 6.45) is 0. The molecule has 1 heterocycles. The number of ether oxygens (including phenoxy) is 1. The van der Waals surface area contributed by atoms with Crippen molar-refractivity contribution in [3.8, 4) is 5.75 Å². The highest BCUT2D eigenvalue weighted by atomic mass is 16.5. The fourth-order valence-corrected chi connectivity index (χ4v) is 2.90. The van der Waals surface area contributed by atoms with Crippen molar-refractivity contribution >= 4 is 21.8 Å². The molecular formula is C17H19NO. The second-order valence-corrected chi connectivity index (χ2v) is 5.34. The average molecular weight is 253 g/mol. The molecular weight excluding hydrogens is 234 g/mol. The van der Waals surface area contributed by atoms with E-state index in [0.29, 0.717) is 6.04 Å². The number of aryl methyl sites for hydroxylation is 1. The summed E-state index contributed by atoms with van der Waals surface area (Å²) in [5, 5.41) is 2.49. The lowest BCUT2D eigenvalue weighted by molar-refractivity contribution is 0.420. The Balaban J connectivity index is 2.57. The van der Waals surface area contributed by atoms with Gasteiger partial charge in [-0.05, 0) is 44.5 Å². The maximum atomic E-state index is 5.55. The minimum Gasteiger partial charge on any atom is -0.496 e. The summed E-state index contributed by atoms with van der Waals surface area (Å²) in [6, 6.07) is 13.3. The van der Waals surface area contributed by atoms with E-state index >= 15 is 0 Å². The van der Waals surface area contributed by atoms with Gasteiger partial charge in [0.25, 0.3) is 0 Å². The zero-order chi connectivity index (χ0) is 13.6. The van der Waals surface area contributed by atoms with Crippen LogP contribution in [-0.2, 0) is 0 Å². The van der Waals surface area contributed by atoms with Gasteiger partial charge in [0.15, 0.2) is 0 Å². The SMILES string of the molecule is COc1cccc2c1c1ccc(C)cc1n2C(C)C. The average Bonchev–Trinajstić information content (AvgIpc) is 2.71. The fourth-order valence-electron chi connectivity index (χ4n) is 2.90. The third kappa shape index (κ3) is 1.71. The van der Waals surface area contributed by atoms with Crippen LogP contribution in [0.1, 0.15) is 25.5 Å². The summed E-state index contributed by atoms with van der Waals surface area (Å²) >= 11 is 0. The van der Waals surface area contributed by atoms with Gasteiger partial charge in [-0.25, -0.2) is 0 Å². The van der Waals surface area contributed by atoms with Crippen LogP contribution in [0.25, 0.3) is 21.8 Å². The lowest BCUT2D eigenvalue weighted by Crippen LogP contribution is -1.99. The molecule has 3 aromatic rings. The van der Waals surface area contributed by atoms with Gasteiger partial charge in [-0.1, -0.05) is 18.2 Å². The maximum Gasteiger partial charge on any atom is 0.128 e. The van der Waals surface area contributed by atoms with Crippen molar-refractivity contribution in [2.45, 2.75) is 26.8 Å². The predicted molar refractivity (Wildman–Crippen MR) is 81.1 cm³/mol. The fraction of sp³-hybridized carbons (Fsp3) is 0.294. The summed E-state index contributed by atoms with van der Waals surface area (Å²) in [4.78, 5) is 0. The molecule has 0 atom stereocenters. The number of aromatic nitrogens is 1. The summed E-state index contributed by atoms with van der Waals surface area (Å²) in [5.41, 5.74) is 3.82. The van der Waals surface area contributed by atoms with Crippen LogP contribution in [0.4, 0.5) is 0 Å². The molecule has 3 rings (SSSR count). The summed E-state index contributed by atoms with van der Waals surface area (Å²) in [7, 11) is 1.74. The highest BCUT2D eigenvalue weighted by molar-refractivity contribution is 6.11. The molecule has 0 aliphatic heterocycles. The van der Waals surface area contributed by atoms with Crippen LogP contribution >= 0.6 is 0 Å². The number of nitrogens with zero attached hydrogens (tertiary/aromatic N) is 1. The van der Waals surface area contributed by atoms with E-state index in [1.54, 1.807) is 7.11 Å². The topological polar surface area (TPSA) is 14.2 Å². The third-order valence-electron chi connectivity index (χ3n) is 3.68. The zero-order valence-electron chi connectivity index (χ0n) is 11.9. The van der Waals surface area contributed by atoms with Crippen molar-refractivity contribution in [3.63, 3.8) is 0 Å². The van der Waals surface area contributed by atoms with E-state index < -0.39 is 0 Å². The van der Waals surface area contributed by atoms with E-state index in [4.69, 9.17) is 4.74 Å². The highest BCUT2D eigenvalue weighted by Gasteiger charge is 2.15. The smallest absolute Gasteiger partial charge is 0.128 e. The summed E-state index contributed by atoms with van der Waals surface area (Å²) < 4.78 is 7.93. The number of methoxy groups -OCH3 is 1. The second kappa shape index (κ2) is 4.30. The Morgan fingerprint density at radius 3 is 2.53 bits per heavy atom. The Bertz CT molecular complexity index is 753. The number of hydrogen-bond acceptors (Lipinski definition) is 1. The molecule has 0 saturated carbocycles. The first-order chi connectivity index (χ1) is 9.13. The van der Waals surface area contributed by atoms with Gasteiger partial charge in [0.05, 0.1) is 12.6 Å². The molecule has 0 bridgehead atoms. The van der Waals surface area contributed by atoms with Gasteiger partial charge >= 0.3 is 0 Å². The van der Waals surface area contributed by atoms with E-state index in [0.717, 1.165) is 5.75 Å². The van der Waals surface area contributed by atoms with Crippen molar-refractivity contribution < 1.29 is 4.74 Å². The predicted octanol–water partition coefficient (Wildman–Crippen LogP) is 4.69. The lowest BCUT2D eigenvalue weighted by atomic mass is 10.1. The van der Waals surface area contributed by atoms with Gasteiger partial charge in [-0.3, -0.25) is 0 Å². The monoisotopic (exact) mass is 253 g/mol. The zero-order valence-corrected chi connectivity index (χ0v) is 11.9. The normalized spacial score (nSPS) is 11.6. The first kappa shape index (κ1) is 12.1. The molecule has 19 heavy (non-hydrogen) atoms. The highest BCUT2D eigenvalue weighted by Crippen LogP contribution is 2.37. The minimum absolute atomic E-state index is 0.425. The van der Waals surface area contributed by atoms with Gasteiger partial charge in [0, 0.05) is 22.3 Å². The van der Waals surface area contributed by atoms with E-state index in [-0.39, 0.29) is 0 Å². The van der Waals surface area contributed by atoms with Gasteiger partial charge < -0.3 is 9.30 Å². The number of benzene rings is 2. The van der Waals surface area contributed by atoms with Gasteiger partial charge in [-0.15, -0.1) is 0 Å². The Kier molecular flexibility index (Phi) is 2.74. The van der Waals surface area contributed by atoms with Crippen LogP contribution in [0.3, 0.4) is 0 Å². The molecule has 0 amide bonds. The molecule has 0 spiro atoms. The van der Waals surface area contributed by atoms with Gasteiger partial charge in [0.1, 0.15) is 5.75 Å².